The molecule has 5 heteroatoms. The van der Waals surface area contributed by atoms with Gasteiger partial charge in [0, 0.05) is 12.6 Å². The van der Waals surface area contributed by atoms with Crippen LogP contribution in [0.1, 0.15) is 70.9 Å². The smallest absolute Gasteiger partial charge is 0.307 e. The van der Waals surface area contributed by atoms with E-state index in [-0.39, 0.29) is 23.6 Å². The van der Waals surface area contributed by atoms with Crippen LogP contribution in [0.3, 0.4) is 0 Å². The molecule has 4 atom stereocenters. The van der Waals surface area contributed by atoms with Gasteiger partial charge in [-0.3, -0.25) is 9.59 Å². The highest BCUT2D eigenvalue weighted by Crippen LogP contribution is 2.38. The van der Waals surface area contributed by atoms with Crippen molar-refractivity contribution in [2.24, 2.45) is 11.8 Å². The lowest BCUT2D eigenvalue weighted by Crippen LogP contribution is -2.52. The lowest BCUT2D eigenvalue weighted by molar-refractivity contribution is -0.158. The Kier molecular flexibility index (Phi) is 6.43. The van der Waals surface area contributed by atoms with Crippen LogP contribution in [0.25, 0.3) is 0 Å². The molecular formula is C23H33NO4. The van der Waals surface area contributed by atoms with E-state index in [1.807, 2.05) is 35.2 Å². The molecule has 5 nitrogen and oxygen atoms in total. The van der Waals surface area contributed by atoms with Crippen molar-refractivity contribution in [3.63, 3.8) is 0 Å². The highest BCUT2D eigenvalue weighted by Gasteiger charge is 2.43. The summed E-state index contributed by atoms with van der Waals surface area (Å²) in [6.45, 7) is 6.82. The predicted octanol–water partition coefficient (Wildman–Crippen LogP) is 4.42. The molecule has 3 rings (SSSR count). The molecule has 1 heterocycles. The van der Waals surface area contributed by atoms with E-state index in [2.05, 4.69) is 20.8 Å². The van der Waals surface area contributed by atoms with Crippen molar-refractivity contribution in [2.45, 2.75) is 77.0 Å². The van der Waals surface area contributed by atoms with Crippen molar-refractivity contribution in [1.82, 2.24) is 4.90 Å². The molecule has 1 aromatic carbocycles. The van der Waals surface area contributed by atoms with E-state index in [1.165, 1.54) is 0 Å². The number of carbonyl (C=O) groups excluding carboxylic acids is 1. The zero-order valence-electron chi connectivity index (χ0n) is 17.3. The molecule has 2 fully saturated rings. The molecule has 0 aromatic heterocycles. The molecule has 1 saturated carbocycles. The maximum absolute atomic E-state index is 13.8. The number of carbonyl (C=O) groups is 2. The fraction of sp³-hybridized carbons (Fsp3) is 0.652. The van der Waals surface area contributed by atoms with Gasteiger partial charge in [0.2, 0.25) is 5.91 Å². The van der Waals surface area contributed by atoms with E-state index < -0.39 is 17.8 Å². The number of hydrogen-bond acceptors (Lipinski definition) is 3. The first-order valence-electron chi connectivity index (χ1n) is 10.5. The Bertz CT molecular complexity index is 687. The number of amides is 1. The fourth-order valence-corrected chi connectivity index (χ4v) is 4.93. The zero-order chi connectivity index (χ0) is 20.3. The van der Waals surface area contributed by atoms with Crippen LogP contribution in [0.2, 0.25) is 0 Å². The van der Waals surface area contributed by atoms with Crippen LogP contribution < -0.4 is 0 Å². The van der Waals surface area contributed by atoms with Crippen molar-refractivity contribution < 1.29 is 19.4 Å². The van der Waals surface area contributed by atoms with E-state index in [0.29, 0.717) is 19.4 Å². The Hall–Kier alpha value is -1.88. The predicted molar refractivity (Wildman–Crippen MR) is 108 cm³/mol. The van der Waals surface area contributed by atoms with E-state index in [4.69, 9.17) is 4.74 Å². The molecule has 1 aliphatic carbocycles. The van der Waals surface area contributed by atoms with Crippen molar-refractivity contribution in [3.8, 4) is 0 Å². The average Bonchev–Trinajstić information content (AvgIpc) is 2.68. The standard InChI is InChI=1S/C23H33NO4/c1-16(17-9-5-4-6-10-17)24(18-13-14-28-23(2,3)15-18)21(25)19-11-7-8-12-20(19)22(26)27/h4-6,9-10,16,18-20H,7-8,11-15H2,1-3H3,(H,26,27)/t16-,18+,19+,20-/m0/s1. The molecule has 1 amide bonds. The van der Waals surface area contributed by atoms with Gasteiger partial charge in [-0.25, -0.2) is 0 Å². The number of benzene rings is 1. The normalized spacial score (nSPS) is 28.3. The maximum atomic E-state index is 13.8. The molecule has 1 aliphatic heterocycles. The molecule has 154 valence electrons. The van der Waals surface area contributed by atoms with E-state index in [0.717, 1.165) is 31.2 Å². The molecule has 1 saturated heterocycles. The Labute approximate surface area is 168 Å². The average molecular weight is 388 g/mol. The first-order valence-corrected chi connectivity index (χ1v) is 10.5. The lowest BCUT2D eigenvalue weighted by atomic mass is 9.77. The van der Waals surface area contributed by atoms with Crippen LogP contribution in [-0.2, 0) is 14.3 Å². The zero-order valence-corrected chi connectivity index (χ0v) is 17.3. The summed E-state index contributed by atoms with van der Waals surface area (Å²) in [7, 11) is 0. The van der Waals surface area contributed by atoms with Crippen LogP contribution in [0, 0.1) is 11.8 Å². The molecule has 0 spiro atoms. The summed E-state index contributed by atoms with van der Waals surface area (Å²) in [6, 6.07) is 10.0. The Morgan fingerprint density at radius 2 is 1.75 bits per heavy atom. The van der Waals surface area contributed by atoms with Crippen LogP contribution in [0.4, 0.5) is 0 Å². The summed E-state index contributed by atoms with van der Waals surface area (Å²) in [5, 5.41) is 9.70. The molecule has 1 N–H and O–H groups in total. The highest BCUT2D eigenvalue weighted by atomic mass is 16.5. The van der Waals surface area contributed by atoms with Gasteiger partial charge in [0.05, 0.1) is 23.5 Å². The van der Waals surface area contributed by atoms with E-state index in [1.54, 1.807) is 0 Å². The Morgan fingerprint density at radius 3 is 2.36 bits per heavy atom. The quantitative estimate of drug-likeness (QED) is 0.812. The minimum Gasteiger partial charge on any atom is -0.481 e. The number of hydrogen-bond donors (Lipinski definition) is 1. The summed E-state index contributed by atoms with van der Waals surface area (Å²) < 4.78 is 5.88. The molecule has 0 radical (unpaired) electrons. The third-order valence-corrected chi connectivity index (χ3v) is 6.42. The summed E-state index contributed by atoms with van der Waals surface area (Å²) in [6.07, 6.45) is 4.63. The van der Waals surface area contributed by atoms with Gasteiger partial charge in [0.15, 0.2) is 0 Å². The van der Waals surface area contributed by atoms with Gasteiger partial charge in [0.1, 0.15) is 0 Å². The van der Waals surface area contributed by atoms with Gasteiger partial charge in [0.25, 0.3) is 0 Å². The monoisotopic (exact) mass is 387 g/mol. The van der Waals surface area contributed by atoms with Crippen LogP contribution >= 0.6 is 0 Å². The second kappa shape index (κ2) is 8.64. The molecule has 2 aliphatic rings. The summed E-state index contributed by atoms with van der Waals surface area (Å²) >= 11 is 0. The number of carboxylic acids is 1. The largest absolute Gasteiger partial charge is 0.481 e. The molecule has 0 unspecified atom stereocenters. The van der Waals surface area contributed by atoms with Gasteiger partial charge in [-0.15, -0.1) is 0 Å². The van der Waals surface area contributed by atoms with Crippen LogP contribution in [-0.4, -0.2) is 40.1 Å². The minimum absolute atomic E-state index is 0.00570. The van der Waals surface area contributed by atoms with Gasteiger partial charge in [-0.1, -0.05) is 43.2 Å². The van der Waals surface area contributed by atoms with Gasteiger partial charge >= 0.3 is 5.97 Å². The Morgan fingerprint density at radius 1 is 1.11 bits per heavy atom. The van der Waals surface area contributed by atoms with Crippen molar-refractivity contribution >= 4 is 11.9 Å². The second-order valence-electron chi connectivity index (χ2n) is 8.92. The van der Waals surface area contributed by atoms with E-state index in [9.17, 15) is 14.7 Å². The van der Waals surface area contributed by atoms with Crippen molar-refractivity contribution in [1.29, 1.82) is 0 Å². The summed E-state index contributed by atoms with van der Waals surface area (Å²) in [4.78, 5) is 27.6. The van der Waals surface area contributed by atoms with Gasteiger partial charge < -0.3 is 14.7 Å². The topological polar surface area (TPSA) is 66.8 Å². The highest BCUT2D eigenvalue weighted by molar-refractivity contribution is 5.85. The number of rotatable bonds is 5. The van der Waals surface area contributed by atoms with E-state index >= 15 is 0 Å². The first kappa shape index (κ1) is 20.8. The molecular weight excluding hydrogens is 354 g/mol. The second-order valence-corrected chi connectivity index (χ2v) is 8.92. The number of nitrogens with zero attached hydrogens (tertiary/aromatic N) is 1. The number of carboxylic acid groups (broad SMARTS) is 1. The van der Waals surface area contributed by atoms with Crippen molar-refractivity contribution in [2.75, 3.05) is 6.61 Å². The van der Waals surface area contributed by atoms with Crippen LogP contribution in [0.15, 0.2) is 30.3 Å². The third-order valence-electron chi connectivity index (χ3n) is 6.42. The summed E-state index contributed by atoms with van der Waals surface area (Å²) in [5.41, 5.74) is 0.805. The van der Waals surface area contributed by atoms with Gasteiger partial charge in [-0.2, -0.15) is 0 Å². The number of ether oxygens (including phenoxy) is 1. The molecule has 0 bridgehead atoms. The third kappa shape index (κ3) is 4.57. The fourth-order valence-electron chi connectivity index (χ4n) is 4.93. The van der Waals surface area contributed by atoms with Gasteiger partial charge in [-0.05, 0) is 52.0 Å². The summed E-state index contributed by atoms with van der Waals surface area (Å²) in [5.74, 6) is -1.83. The SMILES string of the molecule is C[C@@H](c1ccccc1)N(C(=O)[C@@H]1CCCC[C@@H]1C(=O)O)[C@@H]1CCOC(C)(C)C1. The van der Waals surface area contributed by atoms with Crippen LogP contribution in [0.5, 0.6) is 0 Å². The maximum Gasteiger partial charge on any atom is 0.307 e. The molecule has 28 heavy (non-hydrogen) atoms. The number of aliphatic carboxylic acids is 1. The molecule has 1 aromatic rings. The lowest BCUT2D eigenvalue weighted by Gasteiger charge is -2.46. The minimum atomic E-state index is -0.835. The van der Waals surface area contributed by atoms with Crippen molar-refractivity contribution in [3.05, 3.63) is 35.9 Å². The first-order chi connectivity index (χ1) is 13.3. The Balaban J connectivity index is 1.93.